The highest BCUT2D eigenvalue weighted by atomic mass is 16.3. The summed E-state index contributed by atoms with van der Waals surface area (Å²) in [6, 6.07) is 0. The van der Waals surface area contributed by atoms with Crippen LogP contribution in [0.25, 0.3) is 0 Å². The first kappa shape index (κ1) is 23.8. The van der Waals surface area contributed by atoms with Gasteiger partial charge in [0.15, 0.2) is 0 Å². The Hall–Kier alpha value is -0.160. The minimum Gasteiger partial charge on any atom is -0.396 e. The van der Waals surface area contributed by atoms with Crippen molar-refractivity contribution >= 4 is 0 Å². The molecule has 146 valence electrons. The number of unbranched alkanes of at least 4 members (excludes halogenated alkanes) is 9. The number of aliphatic hydroxyl groups is 3. The number of hydrogen-bond donors (Lipinski definition) is 4. The molecule has 24 heavy (non-hydrogen) atoms. The van der Waals surface area contributed by atoms with Gasteiger partial charge in [-0.2, -0.15) is 0 Å². The van der Waals surface area contributed by atoms with E-state index in [2.05, 4.69) is 6.92 Å². The van der Waals surface area contributed by atoms with Crippen LogP contribution in [0.2, 0.25) is 0 Å². The number of aliphatic hydroxyl groups excluding tert-OH is 3. The summed E-state index contributed by atoms with van der Waals surface area (Å²) >= 11 is 0. The summed E-state index contributed by atoms with van der Waals surface area (Å²) in [5.41, 5.74) is 5.07. The lowest BCUT2D eigenvalue weighted by atomic mass is 9.93. The SMILES string of the molecule is CC(CCCCCCCCO)CCCCCCCC(N)(CO)CO. The average Bonchev–Trinajstić information content (AvgIpc) is 2.59. The Labute approximate surface area is 149 Å². The minimum absolute atomic E-state index is 0.136. The molecule has 5 N–H and O–H groups in total. The molecule has 0 aromatic heterocycles. The van der Waals surface area contributed by atoms with Gasteiger partial charge in [-0.15, -0.1) is 0 Å². The molecule has 1 unspecified atom stereocenters. The summed E-state index contributed by atoms with van der Waals surface area (Å²) in [6.07, 6.45) is 16.7. The monoisotopic (exact) mass is 345 g/mol. The normalized spacial score (nSPS) is 13.4. The van der Waals surface area contributed by atoms with E-state index in [0.29, 0.717) is 13.0 Å². The van der Waals surface area contributed by atoms with Crippen molar-refractivity contribution in [2.24, 2.45) is 11.7 Å². The van der Waals surface area contributed by atoms with Gasteiger partial charge >= 0.3 is 0 Å². The van der Waals surface area contributed by atoms with Crippen molar-refractivity contribution in [1.29, 1.82) is 0 Å². The van der Waals surface area contributed by atoms with Gasteiger partial charge in [0.05, 0.1) is 18.8 Å². The minimum atomic E-state index is -0.785. The second-order valence-electron chi connectivity index (χ2n) is 7.72. The summed E-state index contributed by atoms with van der Waals surface area (Å²) in [5.74, 6) is 0.836. The Balaban J connectivity index is 3.33. The Morgan fingerprint density at radius 1 is 0.667 bits per heavy atom. The molecule has 0 spiro atoms. The average molecular weight is 346 g/mol. The molecule has 0 heterocycles. The highest BCUT2D eigenvalue weighted by Gasteiger charge is 2.21. The first-order valence-electron chi connectivity index (χ1n) is 10.2. The van der Waals surface area contributed by atoms with E-state index in [1.165, 1.54) is 64.2 Å². The van der Waals surface area contributed by atoms with Crippen LogP contribution in [-0.4, -0.2) is 40.7 Å². The van der Waals surface area contributed by atoms with Crippen LogP contribution < -0.4 is 5.73 Å². The Kier molecular flexibility index (Phi) is 16.2. The van der Waals surface area contributed by atoms with Crippen molar-refractivity contribution in [1.82, 2.24) is 0 Å². The topological polar surface area (TPSA) is 86.7 Å². The van der Waals surface area contributed by atoms with E-state index in [-0.39, 0.29) is 13.2 Å². The lowest BCUT2D eigenvalue weighted by Gasteiger charge is -2.24. The Bertz CT molecular complexity index is 257. The number of nitrogens with two attached hydrogens (primary N) is 1. The van der Waals surface area contributed by atoms with Gasteiger partial charge in [0.25, 0.3) is 0 Å². The summed E-state index contributed by atoms with van der Waals surface area (Å²) in [4.78, 5) is 0. The van der Waals surface area contributed by atoms with E-state index in [1.807, 2.05) is 0 Å². The van der Waals surface area contributed by atoms with Crippen molar-refractivity contribution in [3.05, 3.63) is 0 Å². The first-order valence-corrected chi connectivity index (χ1v) is 10.2. The van der Waals surface area contributed by atoms with Gasteiger partial charge in [-0.05, 0) is 18.8 Å². The molecule has 0 bridgehead atoms. The molecule has 0 amide bonds. The molecule has 0 aromatic rings. The molecule has 0 saturated heterocycles. The third-order valence-electron chi connectivity index (χ3n) is 5.11. The molecule has 0 aliphatic rings. The lowest BCUT2D eigenvalue weighted by Crippen LogP contribution is -2.47. The fourth-order valence-corrected chi connectivity index (χ4v) is 3.16. The van der Waals surface area contributed by atoms with Gasteiger partial charge in [-0.1, -0.05) is 84.0 Å². The van der Waals surface area contributed by atoms with Gasteiger partial charge in [0, 0.05) is 6.61 Å². The number of rotatable bonds is 18. The zero-order chi connectivity index (χ0) is 18.1. The van der Waals surface area contributed by atoms with Crippen LogP contribution in [-0.2, 0) is 0 Å². The van der Waals surface area contributed by atoms with Crippen LogP contribution >= 0.6 is 0 Å². The highest BCUT2D eigenvalue weighted by molar-refractivity contribution is 4.81. The predicted octanol–water partition coefficient (Wildman–Crippen LogP) is 3.76. The van der Waals surface area contributed by atoms with Gasteiger partial charge in [0.2, 0.25) is 0 Å². The van der Waals surface area contributed by atoms with Crippen LogP contribution in [0, 0.1) is 5.92 Å². The summed E-state index contributed by atoms with van der Waals surface area (Å²) in [5, 5.41) is 27.0. The van der Waals surface area contributed by atoms with E-state index in [0.717, 1.165) is 25.2 Å². The van der Waals surface area contributed by atoms with Crippen molar-refractivity contribution in [2.75, 3.05) is 19.8 Å². The molecule has 4 heteroatoms. The third kappa shape index (κ3) is 14.2. The second-order valence-corrected chi connectivity index (χ2v) is 7.72. The van der Waals surface area contributed by atoms with Gasteiger partial charge < -0.3 is 21.1 Å². The van der Waals surface area contributed by atoms with Gasteiger partial charge in [0.1, 0.15) is 0 Å². The number of hydrogen-bond acceptors (Lipinski definition) is 4. The Morgan fingerprint density at radius 3 is 1.54 bits per heavy atom. The molecule has 0 saturated carbocycles. The van der Waals surface area contributed by atoms with Crippen LogP contribution in [0.15, 0.2) is 0 Å². The van der Waals surface area contributed by atoms with Gasteiger partial charge in [-0.3, -0.25) is 0 Å². The standard InChI is InChI=1S/C20H43NO3/c1-19(13-9-5-2-3-8-12-16-22)14-10-6-4-7-11-15-20(21,17-23)18-24/h19,22-24H,2-18,21H2,1H3. The maximum absolute atomic E-state index is 9.13. The smallest absolute Gasteiger partial charge is 0.0633 e. The largest absolute Gasteiger partial charge is 0.396 e. The predicted molar refractivity (Wildman–Crippen MR) is 102 cm³/mol. The second kappa shape index (κ2) is 16.3. The highest BCUT2D eigenvalue weighted by Crippen LogP contribution is 2.19. The van der Waals surface area contributed by atoms with Crippen LogP contribution in [0.5, 0.6) is 0 Å². The summed E-state index contributed by atoms with van der Waals surface area (Å²) < 4.78 is 0. The molecule has 0 aromatic carbocycles. The van der Waals surface area contributed by atoms with Crippen molar-refractivity contribution in [3.63, 3.8) is 0 Å². The molecular weight excluding hydrogens is 302 g/mol. The van der Waals surface area contributed by atoms with E-state index in [9.17, 15) is 0 Å². The van der Waals surface area contributed by atoms with Gasteiger partial charge in [-0.25, -0.2) is 0 Å². The molecule has 0 radical (unpaired) electrons. The fraction of sp³-hybridized carbons (Fsp3) is 1.00. The molecule has 4 nitrogen and oxygen atoms in total. The molecule has 0 aliphatic heterocycles. The maximum Gasteiger partial charge on any atom is 0.0633 e. The van der Waals surface area contributed by atoms with Crippen LogP contribution in [0.4, 0.5) is 0 Å². The zero-order valence-corrected chi connectivity index (χ0v) is 16.0. The van der Waals surface area contributed by atoms with Crippen molar-refractivity contribution in [3.8, 4) is 0 Å². The fourth-order valence-electron chi connectivity index (χ4n) is 3.16. The Morgan fingerprint density at radius 2 is 1.08 bits per heavy atom. The van der Waals surface area contributed by atoms with E-state index >= 15 is 0 Å². The molecule has 0 fully saturated rings. The third-order valence-corrected chi connectivity index (χ3v) is 5.11. The molecular formula is C20H43NO3. The van der Waals surface area contributed by atoms with E-state index in [4.69, 9.17) is 21.1 Å². The first-order chi connectivity index (χ1) is 11.6. The van der Waals surface area contributed by atoms with Crippen LogP contribution in [0.1, 0.15) is 96.8 Å². The van der Waals surface area contributed by atoms with Crippen molar-refractivity contribution in [2.45, 2.75) is 102 Å². The maximum atomic E-state index is 9.13. The lowest BCUT2D eigenvalue weighted by molar-refractivity contribution is 0.112. The molecule has 0 aliphatic carbocycles. The van der Waals surface area contributed by atoms with Crippen molar-refractivity contribution < 1.29 is 15.3 Å². The zero-order valence-electron chi connectivity index (χ0n) is 16.0. The van der Waals surface area contributed by atoms with E-state index in [1.54, 1.807) is 0 Å². The quantitative estimate of drug-likeness (QED) is 0.285. The van der Waals surface area contributed by atoms with E-state index < -0.39 is 5.54 Å². The molecule has 1 atom stereocenters. The molecule has 0 rings (SSSR count). The summed E-state index contributed by atoms with van der Waals surface area (Å²) in [7, 11) is 0. The summed E-state index contributed by atoms with van der Waals surface area (Å²) in [6.45, 7) is 2.44. The van der Waals surface area contributed by atoms with Crippen LogP contribution in [0.3, 0.4) is 0 Å².